The molecule has 0 aromatic heterocycles. The number of β-amino-alcohol motifs (C(OH)–C–C–N with tert-alkyl or cyclic N) is 1. The van der Waals surface area contributed by atoms with E-state index in [9.17, 15) is 15.0 Å². The Kier molecular flexibility index (Phi) is 4.85. The van der Waals surface area contributed by atoms with Crippen LogP contribution < -0.4 is 0 Å². The van der Waals surface area contributed by atoms with Crippen LogP contribution in [0.15, 0.2) is 18.2 Å². The van der Waals surface area contributed by atoms with Gasteiger partial charge in [-0.2, -0.15) is 0 Å². The number of aryl methyl sites for hydroxylation is 1. The van der Waals surface area contributed by atoms with Gasteiger partial charge in [-0.05, 0) is 38.5 Å². The van der Waals surface area contributed by atoms with Crippen LogP contribution in [-0.2, 0) is 0 Å². The molecule has 1 aromatic carbocycles. The summed E-state index contributed by atoms with van der Waals surface area (Å²) in [5.74, 6) is 0.107. The maximum atomic E-state index is 12.5. The minimum atomic E-state index is -0.353. The lowest BCUT2D eigenvalue weighted by atomic mass is 10.1. The van der Waals surface area contributed by atoms with Crippen molar-refractivity contribution in [3.05, 3.63) is 29.3 Å². The number of piperazine rings is 1. The lowest BCUT2D eigenvalue weighted by Gasteiger charge is -2.40. The maximum absolute atomic E-state index is 12.5. The van der Waals surface area contributed by atoms with E-state index in [4.69, 9.17) is 0 Å². The number of carbonyl (C=O) groups is 1. The van der Waals surface area contributed by atoms with Crippen LogP contribution >= 0.6 is 0 Å². The van der Waals surface area contributed by atoms with Gasteiger partial charge in [0, 0.05) is 37.8 Å². The Morgan fingerprint density at radius 2 is 2.14 bits per heavy atom. The number of nitrogens with zero attached hydrogens (tertiary/aromatic N) is 2. The van der Waals surface area contributed by atoms with Crippen molar-refractivity contribution in [1.82, 2.24) is 9.80 Å². The number of aromatic hydroxyl groups is 1. The van der Waals surface area contributed by atoms with Crippen molar-refractivity contribution in [2.24, 2.45) is 0 Å². The van der Waals surface area contributed by atoms with Crippen molar-refractivity contribution >= 4 is 5.91 Å². The van der Waals surface area contributed by atoms with Crippen LogP contribution in [0.4, 0.5) is 0 Å². The van der Waals surface area contributed by atoms with Gasteiger partial charge in [0.05, 0.1) is 6.10 Å². The van der Waals surface area contributed by atoms with Crippen molar-refractivity contribution in [2.45, 2.75) is 32.9 Å². The van der Waals surface area contributed by atoms with Gasteiger partial charge in [0.15, 0.2) is 0 Å². The zero-order valence-electron chi connectivity index (χ0n) is 12.9. The highest BCUT2D eigenvalue weighted by Gasteiger charge is 2.28. The highest BCUT2D eigenvalue weighted by molar-refractivity contribution is 5.95. The SMILES string of the molecule is Cc1ccc(C(=O)N2CCN(C[C@H](C)O)C[C@@H]2C)cc1O. The highest BCUT2D eigenvalue weighted by atomic mass is 16.3. The van der Waals surface area contributed by atoms with Crippen molar-refractivity contribution in [1.29, 1.82) is 0 Å². The third-order valence-electron chi connectivity index (χ3n) is 3.95. The number of phenolic OH excluding ortho intramolecular Hbond substituents is 1. The van der Waals surface area contributed by atoms with Crippen LogP contribution in [0.1, 0.15) is 29.8 Å². The van der Waals surface area contributed by atoms with E-state index in [0.29, 0.717) is 18.7 Å². The molecule has 1 fully saturated rings. The number of amides is 1. The third-order valence-corrected chi connectivity index (χ3v) is 3.95. The van der Waals surface area contributed by atoms with Crippen LogP contribution in [0.3, 0.4) is 0 Å². The van der Waals surface area contributed by atoms with Crippen molar-refractivity contribution in [3.63, 3.8) is 0 Å². The molecule has 5 nitrogen and oxygen atoms in total. The average Bonchev–Trinajstić information content (AvgIpc) is 2.40. The largest absolute Gasteiger partial charge is 0.508 e. The summed E-state index contributed by atoms with van der Waals surface area (Å²) in [7, 11) is 0. The smallest absolute Gasteiger partial charge is 0.254 e. The minimum Gasteiger partial charge on any atom is -0.508 e. The van der Waals surface area contributed by atoms with Crippen LogP contribution in [0.2, 0.25) is 0 Å². The molecule has 0 bridgehead atoms. The zero-order chi connectivity index (χ0) is 15.6. The van der Waals surface area contributed by atoms with Gasteiger partial charge in [-0.1, -0.05) is 6.07 Å². The van der Waals surface area contributed by atoms with Crippen molar-refractivity contribution < 1.29 is 15.0 Å². The summed E-state index contributed by atoms with van der Waals surface area (Å²) in [5, 5.41) is 19.2. The van der Waals surface area contributed by atoms with Crippen LogP contribution in [0, 0.1) is 6.92 Å². The molecule has 0 saturated carbocycles. The highest BCUT2D eigenvalue weighted by Crippen LogP contribution is 2.20. The van der Waals surface area contributed by atoms with Gasteiger partial charge in [-0.25, -0.2) is 0 Å². The molecule has 0 aliphatic carbocycles. The second-order valence-electron chi connectivity index (χ2n) is 5.96. The Morgan fingerprint density at radius 3 is 2.71 bits per heavy atom. The molecule has 1 amide bonds. The Labute approximate surface area is 125 Å². The molecular weight excluding hydrogens is 268 g/mol. The van der Waals surface area contributed by atoms with E-state index in [1.54, 1.807) is 26.0 Å². The fraction of sp³-hybridized carbons (Fsp3) is 0.562. The van der Waals surface area contributed by atoms with E-state index in [1.165, 1.54) is 6.07 Å². The number of benzene rings is 1. The third kappa shape index (κ3) is 3.74. The molecule has 5 heteroatoms. The lowest BCUT2D eigenvalue weighted by molar-refractivity contribution is 0.0382. The summed E-state index contributed by atoms with van der Waals surface area (Å²) in [6.45, 7) is 8.39. The molecule has 0 radical (unpaired) electrons. The number of carbonyl (C=O) groups excluding carboxylic acids is 1. The van der Waals surface area contributed by atoms with Gasteiger partial charge >= 0.3 is 0 Å². The predicted octanol–water partition coefficient (Wildman–Crippen LogP) is 1.23. The molecule has 2 atom stereocenters. The summed E-state index contributed by atoms with van der Waals surface area (Å²) in [6, 6.07) is 5.14. The molecule has 0 unspecified atom stereocenters. The number of hydrogen-bond acceptors (Lipinski definition) is 4. The summed E-state index contributed by atoms with van der Waals surface area (Å²) < 4.78 is 0. The summed E-state index contributed by atoms with van der Waals surface area (Å²) in [5.41, 5.74) is 1.29. The Morgan fingerprint density at radius 1 is 1.43 bits per heavy atom. The zero-order valence-corrected chi connectivity index (χ0v) is 12.9. The first-order valence-electron chi connectivity index (χ1n) is 7.39. The summed E-state index contributed by atoms with van der Waals surface area (Å²) in [6.07, 6.45) is -0.353. The van der Waals surface area contributed by atoms with E-state index in [1.807, 2.05) is 11.8 Å². The molecule has 1 heterocycles. The van der Waals surface area contributed by atoms with Crippen molar-refractivity contribution in [3.8, 4) is 5.75 Å². The quantitative estimate of drug-likeness (QED) is 0.879. The summed E-state index contributed by atoms with van der Waals surface area (Å²) in [4.78, 5) is 16.6. The molecule has 1 aliphatic heterocycles. The molecule has 21 heavy (non-hydrogen) atoms. The first kappa shape index (κ1) is 15.8. The minimum absolute atomic E-state index is 0.0468. The Bertz CT molecular complexity index is 516. The van der Waals surface area contributed by atoms with Gasteiger partial charge in [0.1, 0.15) is 5.75 Å². The van der Waals surface area contributed by atoms with Crippen LogP contribution in [0.5, 0.6) is 5.75 Å². The second kappa shape index (κ2) is 6.45. The molecule has 1 aromatic rings. The topological polar surface area (TPSA) is 64.0 Å². The first-order valence-corrected chi connectivity index (χ1v) is 7.39. The Balaban J connectivity index is 2.05. The average molecular weight is 292 g/mol. The first-order chi connectivity index (χ1) is 9.88. The van der Waals surface area contributed by atoms with Gasteiger partial charge in [-0.3, -0.25) is 9.69 Å². The molecule has 1 saturated heterocycles. The van der Waals surface area contributed by atoms with Gasteiger partial charge in [0.2, 0.25) is 0 Å². The fourth-order valence-electron chi connectivity index (χ4n) is 2.78. The lowest BCUT2D eigenvalue weighted by Crippen LogP contribution is -2.55. The number of aliphatic hydroxyl groups is 1. The normalized spacial score (nSPS) is 21.3. The summed E-state index contributed by atoms with van der Waals surface area (Å²) >= 11 is 0. The van der Waals surface area contributed by atoms with Crippen LogP contribution in [-0.4, -0.2) is 64.2 Å². The van der Waals surface area contributed by atoms with Gasteiger partial charge in [-0.15, -0.1) is 0 Å². The monoisotopic (exact) mass is 292 g/mol. The van der Waals surface area contributed by atoms with E-state index in [2.05, 4.69) is 4.90 Å². The van der Waals surface area contributed by atoms with Gasteiger partial charge < -0.3 is 15.1 Å². The van der Waals surface area contributed by atoms with Gasteiger partial charge in [0.25, 0.3) is 5.91 Å². The van der Waals surface area contributed by atoms with E-state index >= 15 is 0 Å². The predicted molar refractivity (Wildman–Crippen MR) is 81.5 cm³/mol. The van der Waals surface area contributed by atoms with E-state index in [0.717, 1.165) is 18.7 Å². The fourth-order valence-corrected chi connectivity index (χ4v) is 2.78. The number of hydrogen-bond donors (Lipinski definition) is 2. The standard InChI is InChI=1S/C16H24N2O3/c1-11-4-5-14(8-15(11)20)16(21)18-7-6-17(9-12(18)2)10-13(3)19/h4-5,8,12-13,19-20H,6-7,9-10H2,1-3H3/t12-,13-/m0/s1. The molecule has 1 aliphatic rings. The van der Waals surface area contributed by atoms with Crippen LogP contribution in [0.25, 0.3) is 0 Å². The van der Waals surface area contributed by atoms with E-state index in [-0.39, 0.29) is 23.8 Å². The molecular formula is C16H24N2O3. The second-order valence-corrected chi connectivity index (χ2v) is 5.96. The molecule has 116 valence electrons. The number of rotatable bonds is 3. The number of aliphatic hydroxyl groups excluding tert-OH is 1. The number of phenols is 1. The molecule has 2 N–H and O–H groups in total. The maximum Gasteiger partial charge on any atom is 0.254 e. The van der Waals surface area contributed by atoms with Crippen molar-refractivity contribution in [2.75, 3.05) is 26.2 Å². The molecule has 0 spiro atoms. The molecule has 2 rings (SSSR count). The Hall–Kier alpha value is -1.59. The van der Waals surface area contributed by atoms with E-state index < -0.39 is 0 Å².